The third-order valence-electron chi connectivity index (χ3n) is 2.92. The van der Waals surface area contributed by atoms with Gasteiger partial charge in [-0.15, -0.1) is 0 Å². The molecule has 0 N–H and O–H groups in total. The molecule has 0 aliphatic rings. The Bertz CT molecular complexity index is 705. The van der Waals surface area contributed by atoms with E-state index in [1.165, 1.54) is 12.1 Å². The minimum absolute atomic E-state index is 0.324. The first kappa shape index (κ1) is 15.4. The summed E-state index contributed by atoms with van der Waals surface area (Å²) in [7, 11) is -1.72. The van der Waals surface area contributed by atoms with Crippen LogP contribution in [0.5, 0.6) is 11.5 Å². The van der Waals surface area contributed by atoms with Gasteiger partial charge in [0.25, 0.3) is 0 Å². The standard InChI is InChI=1S/C18H13F2O2P/c19-14-11-15(20)13-18(12-14)23(21-16-7-3-1-4-8-16)22-17-9-5-2-6-10-17/h1-13H. The molecule has 116 valence electrons. The van der Waals surface area contributed by atoms with Gasteiger partial charge >= 0.3 is 8.38 Å². The van der Waals surface area contributed by atoms with Crippen LogP contribution in [-0.4, -0.2) is 0 Å². The molecule has 0 spiro atoms. The minimum atomic E-state index is -1.72. The maximum absolute atomic E-state index is 13.5. The van der Waals surface area contributed by atoms with Gasteiger partial charge in [-0.1, -0.05) is 36.4 Å². The molecule has 3 aromatic carbocycles. The first-order valence-electron chi connectivity index (χ1n) is 6.93. The predicted molar refractivity (Wildman–Crippen MR) is 87.1 cm³/mol. The molecule has 3 rings (SSSR count). The van der Waals surface area contributed by atoms with Gasteiger partial charge < -0.3 is 9.05 Å². The summed E-state index contributed by atoms with van der Waals surface area (Å²) in [5.41, 5.74) is 0. The van der Waals surface area contributed by atoms with E-state index in [-0.39, 0.29) is 0 Å². The average molecular weight is 330 g/mol. The highest BCUT2D eigenvalue weighted by molar-refractivity contribution is 7.56. The van der Waals surface area contributed by atoms with Crippen molar-refractivity contribution in [2.24, 2.45) is 0 Å². The minimum Gasteiger partial charge on any atom is -0.435 e. The lowest BCUT2D eigenvalue weighted by atomic mass is 10.3. The number of para-hydroxylation sites is 2. The molecule has 3 aromatic rings. The lowest BCUT2D eigenvalue weighted by molar-refractivity contribution is 0.500. The quantitative estimate of drug-likeness (QED) is 0.609. The van der Waals surface area contributed by atoms with Gasteiger partial charge in [-0.05, 0) is 36.4 Å². The highest BCUT2D eigenvalue weighted by Gasteiger charge is 2.20. The van der Waals surface area contributed by atoms with Crippen molar-refractivity contribution in [3.63, 3.8) is 0 Å². The van der Waals surface area contributed by atoms with Gasteiger partial charge in [0.15, 0.2) is 0 Å². The van der Waals surface area contributed by atoms with Crippen LogP contribution in [0.2, 0.25) is 0 Å². The van der Waals surface area contributed by atoms with Crippen LogP contribution in [-0.2, 0) is 0 Å². The van der Waals surface area contributed by atoms with Gasteiger partial charge in [0.1, 0.15) is 23.1 Å². The third-order valence-corrected chi connectivity index (χ3v) is 4.35. The molecule has 0 unspecified atom stereocenters. The Labute approximate surface area is 134 Å². The Morgan fingerprint density at radius 1 is 0.609 bits per heavy atom. The monoisotopic (exact) mass is 330 g/mol. The fourth-order valence-corrected chi connectivity index (χ4v) is 3.25. The molecule has 2 nitrogen and oxygen atoms in total. The van der Waals surface area contributed by atoms with E-state index in [0.717, 1.165) is 6.07 Å². The van der Waals surface area contributed by atoms with E-state index in [1.54, 1.807) is 24.3 Å². The molecule has 23 heavy (non-hydrogen) atoms. The van der Waals surface area contributed by atoms with Gasteiger partial charge in [0.2, 0.25) is 0 Å². The van der Waals surface area contributed by atoms with Crippen LogP contribution in [0, 0.1) is 11.6 Å². The third kappa shape index (κ3) is 4.27. The molecule has 0 amide bonds. The molecule has 0 aromatic heterocycles. The van der Waals surface area contributed by atoms with Crippen LogP contribution in [0.1, 0.15) is 0 Å². The Morgan fingerprint density at radius 2 is 1.04 bits per heavy atom. The van der Waals surface area contributed by atoms with Crippen molar-refractivity contribution < 1.29 is 17.8 Å². The summed E-state index contributed by atoms with van der Waals surface area (Å²) >= 11 is 0. The van der Waals surface area contributed by atoms with Crippen molar-refractivity contribution in [2.75, 3.05) is 0 Å². The number of benzene rings is 3. The smallest absolute Gasteiger partial charge is 0.326 e. The van der Waals surface area contributed by atoms with Gasteiger partial charge in [-0.3, -0.25) is 0 Å². The molecule has 0 aliphatic carbocycles. The van der Waals surface area contributed by atoms with E-state index in [1.807, 2.05) is 36.4 Å². The van der Waals surface area contributed by atoms with Crippen molar-refractivity contribution in [1.82, 2.24) is 0 Å². The molecule has 0 bridgehead atoms. The second-order valence-corrected chi connectivity index (χ2v) is 6.09. The van der Waals surface area contributed by atoms with Crippen LogP contribution in [0.4, 0.5) is 8.78 Å². The summed E-state index contributed by atoms with van der Waals surface area (Å²) in [5.74, 6) is -0.194. The summed E-state index contributed by atoms with van der Waals surface area (Å²) in [4.78, 5) is 0. The van der Waals surface area contributed by atoms with E-state index >= 15 is 0 Å². The van der Waals surface area contributed by atoms with Crippen molar-refractivity contribution >= 4 is 13.7 Å². The molecular formula is C18H13F2O2P. The zero-order valence-electron chi connectivity index (χ0n) is 12.0. The number of halogens is 2. The Balaban J connectivity index is 1.92. The molecule has 0 saturated heterocycles. The van der Waals surface area contributed by atoms with Crippen molar-refractivity contribution in [3.8, 4) is 11.5 Å². The summed E-state index contributed by atoms with van der Waals surface area (Å²) in [6.45, 7) is 0. The van der Waals surface area contributed by atoms with E-state index in [2.05, 4.69) is 0 Å². The van der Waals surface area contributed by atoms with E-state index in [0.29, 0.717) is 16.8 Å². The Morgan fingerprint density at radius 3 is 1.48 bits per heavy atom. The topological polar surface area (TPSA) is 18.5 Å². The summed E-state index contributed by atoms with van der Waals surface area (Å²) in [5, 5.41) is 0.324. The van der Waals surface area contributed by atoms with Gasteiger partial charge in [-0.2, -0.15) is 0 Å². The first-order chi connectivity index (χ1) is 11.2. The molecule has 0 saturated carbocycles. The number of hydrogen-bond donors (Lipinski definition) is 0. The zero-order valence-corrected chi connectivity index (χ0v) is 12.9. The summed E-state index contributed by atoms with van der Waals surface area (Å²) < 4.78 is 38.7. The fourth-order valence-electron chi connectivity index (χ4n) is 1.92. The lowest BCUT2D eigenvalue weighted by Gasteiger charge is -2.19. The largest absolute Gasteiger partial charge is 0.435 e. The van der Waals surface area contributed by atoms with Crippen molar-refractivity contribution in [2.45, 2.75) is 0 Å². The van der Waals surface area contributed by atoms with Gasteiger partial charge in [0, 0.05) is 6.07 Å². The first-order valence-corrected chi connectivity index (χ1v) is 8.11. The maximum atomic E-state index is 13.5. The second kappa shape index (κ2) is 7.21. The predicted octanol–water partition coefficient (Wildman–Crippen LogP) is 5.06. The molecule has 0 atom stereocenters. The summed E-state index contributed by atoms with van der Waals surface area (Å²) in [6, 6.07) is 21.3. The zero-order chi connectivity index (χ0) is 16.1. The van der Waals surface area contributed by atoms with E-state index in [9.17, 15) is 8.78 Å². The number of hydrogen-bond acceptors (Lipinski definition) is 2. The number of rotatable bonds is 5. The SMILES string of the molecule is Fc1cc(F)cc(P(Oc2ccccc2)Oc2ccccc2)c1. The normalized spacial score (nSPS) is 10.6. The van der Waals surface area contributed by atoms with Crippen LogP contribution in [0.3, 0.4) is 0 Å². The molecule has 0 radical (unpaired) electrons. The Kier molecular flexibility index (Phi) is 4.84. The average Bonchev–Trinajstić information content (AvgIpc) is 2.55. The van der Waals surface area contributed by atoms with Crippen LogP contribution >= 0.6 is 8.38 Å². The van der Waals surface area contributed by atoms with Gasteiger partial charge in [0.05, 0.1) is 5.30 Å². The molecule has 0 heterocycles. The second-order valence-electron chi connectivity index (χ2n) is 4.69. The fraction of sp³-hybridized carbons (Fsp3) is 0. The van der Waals surface area contributed by atoms with E-state index < -0.39 is 20.0 Å². The van der Waals surface area contributed by atoms with E-state index in [4.69, 9.17) is 9.05 Å². The highest BCUT2D eigenvalue weighted by Crippen LogP contribution is 2.39. The van der Waals surface area contributed by atoms with Crippen molar-refractivity contribution in [1.29, 1.82) is 0 Å². The van der Waals surface area contributed by atoms with Crippen molar-refractivity contribution in [3.05, 3.63) is 90.5 Å². The molecule has 0 aliphatic heterocycles. The molecule has 0 fully saturated rings. The maximum Gasteiger partial charge on any atom is 0.326 e. The highest BCUT2D eigenvalue weighted by atomic mass is 31.2. The van der Waals surface area contributed by atoms with Crippen LogP contribution < -0.4 is 14.4 Å². The van der Waals surface area contributed by atoms with Crippen LogP contribution in [0.25, 0.3) is 0 Å². The van der Waals surface area contributed by atoms with Crippen LogP contribution in [0.15, 0.2) is 78.9 Å². The summed E-state index contributed by atoms with van der Waals surface area (Å²) in [6.07, 6.45) is 0. The molecule has 5 heteroatoms. The molecular weight excluding hydrogens is 317 g/mol. The van der Waals surface area contributed by atoms with Gasteiger partial charge in [-0.25, -0.2) is 8.78 Å². The Hall–Kier alpha value is -2.45. The lowest BCUT2D eigenvalue weighted by Crippen LogP contribution is -2.11.